The Morgan fingerprint density at radius 3 is 2.21 bits per heavy atom. The van der Waals surface area contributed by atoms with E-state index in [-0.39, 0.29) is 0 Å². The molecule has 0 N–H and O–H groups in total. The minimum Gasteiger partial charge on any atom is -0.313 e. The quantitative estimate of drug-likeness (QED) is 0.108. The summed E-state index contributed by atoms with van der Waals surface area (Å²) in [5.74, 6) is -0.476. The summed E-state index contributed by atoms with van der Waals surface area (Å²) in [5, 5.41) is 4.86. The summed E-state index contributed by atoms with van der Waals surface area (Å²) in [5.41, 5.74) is 9.45. The van der Waals surface area contributed by atoms with Gasteiger partial charge >= 0.3 is 5.97 Å². The third-order valence-corrected chi connectivity index (χ3v) is 8.74. The molecule has 1 aromatic heterocycles. The minimum absolute atomic E-state index is 0.472. The van der Waals surface area contributed by atoms with Crippen molar-refractivity contribution >= 4 is 40.5 Å². The van der Waals surface area contributed by atoms with Crippen LogP contribution in [0.25, 0.3) is 21.8 Å². The van der Waals surface area contributed by atoms with E-state index in [0.717, 1.165) is 56.3 Å². The van der Waals surface area contributed by atoms with E-state index in [1.165, 1.54) is 11.3 Å². The number of fused-ring (bicyclic) bond motifs is 1. The van der Waals surface area contributed by atoms with Crippen molar-refractivity contribution in [1.82, 2.24) is 4.57 Å². The highest BCUT2D eigenvalue weighted by molar-refractivity contribution is 8.08. The summed E-state index contributed by atoms with van der Waals surface area (Å²) in [6.45, 7) is 4.07. The molecule has 0 saturated heterocycles. The van der Waals surface area contributed by atoms with Gasteiger partial charge in [-0.3, -0.25) is 0 Å². The Morgan fingerprint density at radius 1 is 0.857 bits per heavy atom. The molecule has 4 nitrogen and oxygen atoms in total. The smallest absolute Gasteiger partial charge is 0.313 e. The topological polar surface area (TPSA) is 43.6 Å². The van der Waals surface area contributed by atoms with Crippen LogP contribution in [0.2, 0.25) is 5.02 Å². The molecule has 0 spiro atoms. The van der Waals surface area contributed by atoms with Gasteiger partial charge in [-0.1, -0.05) is 94.2 Å². The summed E-state index contributed by atoms with van der Waals surface area (Å²) in [4.78, 5) is 20.2. The van der Waals surface area contributed by atoms with Crippen molar-refractivity contribution in [1.29, 1.82) is 0 Å². The predicted molar refractivity (Wildman–Crippen MR) is 174 cm³/mol. The lowest BCUT2D eigenvalue weighted by molar-refractivity contribution is 0.0519. The first-order chi connectivity index (χ1) is 20.5. The highest BCUT2D eigenvalue weighted by Gasteiger charge is 2.26. The summed E-state index contributed by atoms with van der Waals surface area (Å²) >= 11 is 7.97. The van der Waals surface area contributed by atoms with Crippen molar-refractivity contribution in [3.8, 4) is 16.9 Å². The van der Waals surface area contributed by atoms with Gasteiger partial charge in [0.2, 0.25) is 0 Å². The summed E-state index contributed by atoms with van der Waals surface area (Å²) in [6.07, 6.45) is 3.25. The molecule has 0 unspecified atom stereocenters. The number of oxime groups is 1. The Kier molecular flexibility index (Phi) is 8.13. The van der Waals surface area contributed by atoms with E-state index in [0.29, 0.717) is 10.6 Å². The van der Waals surface area contributed by atoms with Crippen LogP contribution in [0.15, 0.2) is 125 Å². The molecule has 42 heavy (non-hydrogen) atoms. The molecule has 0 atom stereocenters. The van der Waals surface area contributed by atoms with E-state index in [2.05, 4.69) is 83.4 Å². The van der Waals surface area contributed by atoms with Crippen LogP contribution in [0.3, 0.4) is 0 Å². The van der Waals surface area contributed by atoms with Gasteiger partial charge in [0.25, 0.3) is 0 Å². The number of carbonyl (C=O) groups is 1. The minimum atomic E-state index is -0.476. The summed E-state index contributed by atoms with van der Waals surface area (Å²) < 4.78 is 2.34. The number of carbonyl (C=O) groups excluding carboxylic acids is 1. The lowest BCUT2D eigenvalue weighted by Crippen LogP contribution is -2.09. The Bertz CT molecular complexity index is 1790. The van der Waals surface area contributed by atoms with Crippen molar-refractivity contribution in [3.63, 3.8) is 0 Å². The van der Waals surface area contributed by atoms with Crippen molar-refractivity contribution in [2.75, 3.05) is 0 Å². The molecule has 0 bridgehead atoms. The van der Waals surface area contributed by atoms with E-state index < -0.39 is 5.97 Å². The third kappa shape index (κ3) is 5.98. The zero-order valence-corrected chi connectivity index (χ0v) is 25.0. The third-order valence-electron chi connectivity index (χ3n) is 7.30. The molecule has 6 rings (SSSR count). The molecule has 0 radical (unpaired) electrons. The van der Waals surface area contributed by atoms with E-state index in [9.17, 15) is 4.79 Å². The molecule has 4 aromatic carbocycles. The Balaban J connectivity index is 1.44. The van der Waals surface area contributed by atoms with Crippen LogP contribution >= 0.6 is 23.4 Å². The van der Waals surface area contributed by atoms with Crippen LogP contribution in [0.1, 0.15) is 39.2 Å². The highest BCUT2D eigenvalue weighted by atomic mass is 35.5. The number of benzene rings is 4. The molecule has 5 aromatic rings. The number of thioether (sulfide) groups is 1. The maximum absolute atomic E-state index is 12.6. The van der Waals surface area contributed by atoms with Gasteiger partial charge in [0.15, 0.2) is 0 Å². The van der Waals surface area contributed by atoms with Gasteiger partial charge in [-0.05, 0) is 92.4 Å². The standard InChI is InChI=1S/C36H29ClN2O2S/c1-24-8-12-27(13-9-24)36(40)41-38-23-28-14-21-33-32(35(28)42-31-19-10-25(2)11-20-31)22-34(26-6-4-3-5-7-26)39(33)30-17-15-29(37)16-18-30/h3-13,15-20,22-23H,14,21H2,1-2H3/b38-23+. The first kappa shape index (κ1) is 27.8. The maximum Gasteiger partial charge on any atom is 0.365 e. The molecule has 0 saturated carbocycles. The SMILES string of the molecule is Cc1ccc(SC2=C(/C=N/OC(=O)c3ccc(C)cc3)CCc3c2cc(-c2ccccc2)n3-c2ccc(Cl)cc2)cc1. The Labute approximate surface area is 255 Å². The summed E-state index contributed by atoms with van der Waals surface area (Å²) in [7, 11) is 0. The number of hydrogen-bond donors (Lipinski definition) is 0. The number of allylic oxidation sites excluding steroid dienone is 1. The molecular weight excluding hydrogens is 560 g/mol. The average molecular weight is 589 g/mol. The Hall–Kier alpha value is -4.32. The molecule has 0 aliphatic heterocycles. The van der Waals surface area contributed by atoms with E-state index in [4.69, 9.17) is 16.4 Å². The Morgan fingerprint density at radius 2 is 1.52 bits per heavy atom. The summed E-state index contributed by atoms with van der Waals surface area (Å²) in [6, 6.07) is 36.5. The van der Waals surface area contributed by atoms with Gasteiger partial charge in [-0.2, -0.15) is 0 Å². The average Bonchev–Trinajstić information content (AvgIpc) is 3.40. The fraction of sp³-hybridized carbons (Fsp3) is 0.111. The predicted octanol–water partition coefficient (Wildman–Crippen LogP) is 9.71. The first-order valence-electron chi connectivity index (χ1n) is 13.8. The normalized spacial score (nSPS) is 12.9. The molecular formula is C36H29ClN2O2S. The highest BCUT2D eigenvalue weighted by Crippen LogP contribution is 2.45. The van der Waals surface area contributed by atoms with Gasteiger partial charge in [-0.15, -0.1) is 0 Å². The second-order valence-corrected chi connectivity index (χ2v) is 11.8. The molecule has 1 aliphatic rings. The number of aryl methyl sites for hydroxylation is 2. The lowest BCUT2D eigenvalue weighted by Gasteiger charge is -2.21. The second-order valence-electron chi connectivity index (χ2n) is 10.3. The fourth-order valence-corrected chi connectivity index (χ4v) is 6.29. The van der Waals surface area contributed by atoms with Crippen molar-refractivity contribution in [2.24, 2.45) is 5.16 Å². The van der Waals surface area contributed by atoms with Crippen molar-refractivity contribution < 1.29 is 9.63 Å². The van der Waals surface area contributed by atoms with Crippen molar-refractivity contribution in [2.45, 2.75) is 31.6 Å². The van der Waals surface area contributed by atoms with E-state index >= 15 is 0 Å². The number of rotatable bonds is 7. The maximum atomic E-state index is 12.6. The number of hydrogen-bond acceptors (Lipinski definition) is 4. The van der Waals surface area contributed by atoms with Crippen molar-refractivity contribution in [3.05, 3.63) is 148 Å². The van der Waals surface area contributed by atoms with Gasteiger partial charge in [0, 0.05) is 31.8 Å². The molecule has 6 heteroatoms. The van der Waals surface area contributed by atoms with Crippen LogP contribution in [0.5, 0.6) is 0 Å². The largest absolute Gasteiger partial charge is 0.365 e. The zero-order valence-electron chi connectivity index (χ0n) is 23.4. The number of aromatic nitrogens is 1. The van der Waals surface area contributed by atoms with Crippen LogP contribution in [0, 0.1) is 13.8 Å². The number of halogens is 1. The number of nitrogens with zero attached hydrogens (tertiary/aromatic N) is 2. The van der Waals surface area contributed by atoms with E-state index in [1.54, 1.807) is 30.1 Å². The van der Waals surface area contributed by atoms with Crippen LogP contribution in [-0.4, -0.2) is 16.8 Å². The van der Waals surface area contributed by atoms with Gasteiger partial charge in [0.05, 0.1) is 17.5 Å². The van der Waals surface area contributed by atoms with Gasteiger partial charge in [0.1, 0.15) is 0 Å². The second kappa shape index (κ2) is 12.3. The lowest BCUT2D eigenvalue weighted by atomic mass is 9.97. The van der Waals surface area contributed by atoms with Gasteiger partial charge in [-0.25, -0.2) is 4.79 Å². The molecule has 0 amide bonds. The van der Waals surface area contributed by atoms with Crippen LogP contribution < -0.4 is 0 Å². The van der Waals surface area contributed by atoms with Gasteiger partial charge < -0.3 is 9.40 Å². The van der Waals surface area contributed by atoms with Crippen LogP contribution in [0.4, 0.5) is 0 Å². The van der Waals surface area contributed by atoms with E-state index in [1.807, 2.05) is 37.3 Å². The molecule has 208 valence electrons. The molecule has 1 heterocycles. The first-order valence-corrected chi connectivity index (χ1v) is 15.0. The molecule has 0 fully saturated rings. The fourth-order valence-electron chi connectivity index (χ4n) is 5.09. The van der Waals surface area contributed by atoms with Crippen LogP contribution in [-0.2, 0) is 11.3 Å². The monoisotopic (exact) mass is 588 g/mol. The molecule has 1 aliphatic carbocycles. The zero-order chi connectivity index (χ0) is 29.1.